The van der Waals surface area contributed by atoms with E-state index in [1.807, 2.05) is 0 Å². The first kappa shape index (κ1) is 16.1. The first-order valence-electron chi connectivity index (χ1n) is 6.44. The number of ether oxygens (including phenoxy) is 2. The van der Waals surface area contributed by atoms with Gasteiger partial charge in [0.05, 0.1) is 7.11 Å². The van der Waals surface area contributed by atoms with Gasteiger partial charge in [-0.3, -0.25) is 0 Å². The lowest BCUT2D eigenvalue weighted by Gasteiger charge is -2.08. The van der Waals surface area contributed by atoms with Gasteiger partial charge in [0, 0.05) is 11.1 Å². The average Bonchev–Trinajstić information content (AvgIpc) is 2.52. The fourth-order valence-corrected chi connectivity index (χ4v) is 1.95. The first-order chi connectivity index (χ1) is 10.6. The Morgan fingerprint density at radius 2 is 2.00 bits per heavy atom. The molecule has 2 aromatic carbocycles. The van der Waals surface area contributed by atoms with Gasteiger partial charge in [0.15, 0.2) is 17.7 Å². The van der Waals surface area contributed by atoms with Crippen LogP contribution >= 0.6 is 11.6 Å². The van der Waals surface area contributed by atoms with Gasteiger partial charge in [0.2, 0.25) is 0 Å². The molecule has 22 heavy (non-hydrogen) atoms. The fourth-order valence-electron chi connectivity index (χ4n) is 1.75. The number of alkyl halides is 1. The van der Waals surface area contributed by atoms with Gasteiger partial charge in [-0.1, -0.05) is 35.6 Å². The number of methoxy groups -OCH3 is 1. The normalized spacial score (nSPS) is 11.3. The van der Waals surface area contributed by atoms with E-state index in [4.69, 9.17) is 21.1 Å². The van der Waals surface area contributed by atoms with Gasteiger partial charge in [-0.15, -0.1) is 0 Å². The topological polar surface area (TPSA) is 18.5 Å². The van der Waals surface area contributed by atoms with Crippen molar-refractivity contribution in [3.63, 3.8) is 0 Å². The Kier molecular flexibility index (Phi) is 5.62. The van der Waals surface area contributed by atoms with Crippen molar-refractivity contribution in [2.75, 3.05) is 13.7 Å². The summed E-state index contributed by atoms with van der Waals surface area (Å²) in [7, 11) is 1.41. The molecule has 2 rings (SSSR count). The SMILES string of the molecule is COc1cc(F)ccc1OCC#CC(F)c1cccc(Cl)c1. The van der Waals surface area contributed by atoms with Crippen LogP contribution in [0.4, 0.5) is 8.78 Å². The number of hydrogen-bond donors (Lipinski definition) is 0. The molecule has 1 atom stereocenters. The summed E-state index contributed by atoms with van der Waals surface area (Å²) < 4.78 is 37.2. The molecule has 0 amide bonds. The Morgan fingerprint density at radius 1 is 1.18 bits per heavy atom. The van der Waals surface area contributed by atoms with Crippen molar-refractivity contribution in [1.82, 2.24) is 0 Å². The zero-order valence-corrected chi connectivity index (χ0v) is 12.5. The van der Waals surface area contributed by atoms with E-state index >= 15 is 0 Å². The van der Waals surface area contributed by atoms with E-state index in [-0.39, 0.29) is 12.4 Å². The standard InChI is InChI=1S/C17H13ClF2O2/c1-21-17-11-14(19)7-8-16(17)22-9-3-6-15(20)12-4-2-5-13(18)10-12/h2,4-5,7-8,10-11,15H,9H2,1H3. The third-order valence-corrected chi connectivity index (χ3v) is 3.03. The van der Waals surface area contributed by atoms with Crippen molar-refractivity contribution in [1.29, 1.82) is 0 Å². The molecule has 1 unspecified atom stereocenters. The Bertz CT molecular complexity index is 707. The molecular formula is C17H13ClF2O2. The summed E-state index contributed by atoms with van der Waals surface area (Å²) in [6, 6.07) is 10.3. The van der Waals surface area contributed by atoms with Crippen LogP contribution in [0.1, 0.15) is 11.7 Å². The van der Waals surface area contributed by atoms with Gasteiger partial charge in [0.25, 0.3) is 0 Å². The molecule has 114 valence electrons. The van der Waals surface area contributed by atoms with Crippen molar-refractivity contribution in [2.24, 2.45) is 0 Å². The summed E-state index contributed by atoms with van der Waals surface area (Å²) in [6.07, 6.45) is -1.45. The molecular weight excluding hydrogens is 310 g/mol. The highest BCUT2D eigenvalue weighted by Crippen LogP contribution is 2.27. The zero-order chi connectivity index (χ0) is 15.9. The van der Waals surface area contributed by atoms with Crippen molar-refractivity contribution in [3.8, 4) is 23.3 Å². The van der Waals surface area contributed by atoms with Crippen LogP contribution in [0.15, 0.2) is 42.5 Å². The number of benzene rings is 2. The van der Waals surface area contributed by atoms with E-state index in [0.29, 0.717) is 16.3 Å². The van der Waals surface area contributed by atoms with Crippen molar-refractivity contribution in [3.05, 3.63) is 58.9 Å². The maximum absolute atomic E-state index is 13.9. The second-order valence-electron chi connectivity index (χ2n) is 4.32. The van der Waals surface area contributed by atoms with Crippen LogP contribution < -0.4 is 9.47 Å². The second-order valence-corrected chi connectivity index (χ2v) is 4.76. The van der Waals surface area contributed by atoms with Gasteiger partial charge in [-0.05, 0) is 29.8 Å². The van der Waals surface area contributed by atoms with Crippen LogP contribution in [0, 0.1) is 17.7 Å². The average molecular weight is 323 g/mol. The molecule has 0 N–H and O–H groups in total. The van der Waals surface area contributed by atoms with E-state index in [0.717, 1.165) is 0 Å². The Morgan fingerprint density at radius 3 is 2.73 bits per heavy atom. The maximum atomic E-state index is 13.9. The summed E-state index contributed by atoms with van der Waals surface area (Å²) >= 11 is 5.79. The number of rotatable bonds is 4. The number of hydrogen-bond acceptors (Lipinski definition) is 2. The van der Waals surface area contributed by atoms with Crippen LogP contribution in [-0.4, -0.2) is 13.7 Å². The molecule has 5 heteroatoms. The maximum Gasteiger partial charge on any atom is 0.186 e. The number of halogens is 3. The third kappa shape index (κ3) is 4.37. The largest absolute Gasteiger partial charge is 0.493 e. The molecule has 0 fully saturated rings. The lowest BCUT2D eigenvalue weighted by Crippen LogP contribution is -1.98. The van der Waals surface area contributed by atoms with Crippen LogP contribution in [-0.2, 0) is 0 Å². The van der Waals surface area contributed by atoms with Crippen LogP contribution in [0.3, 0.4) is 0 Å². The highest BCUT2D eigenvalue weighted by Gasteiger charge is 2.07. The van der Waals surface area contributed by atoms with Gasteiger partial charge in [-0.25, -0.2) is 8.78 Å². The summed E-state index contributed by atoms with van der Waals surface area (Å²) in [5.74, 6) is 5.18. The van der Waals surface area contributed by atoms with E-state index in [1.54, 1.807) is 18.2 Å². The Hall–Kier alpha value is -2.25. The molecule has 0 aliphatic rings. The molecule has 0 saturated carbocycles. The Labute approximate surface area is 132 Å². The minimum atomic E-state index is -1.45. The molecule has 0 aliphatic carbocycles. The fraction of sp³-hybridized carbons (Fsp3) is 0.176. The summed E-state index contributed by atoms with van der Waals surface area (Å²) in [4.78, 5) is 0. The van der Waals surface area contributed by atoms with Crippen LogP contribution in [0.25, 0.3) is 0 Å². The smallest absolute Gasteiger partial charge is 0.186 e. The first-order valence-corrected chi connectivity index (χ1v) is 6.82. The van der Waals surface area contributed by atoms with Crippen molar-refractivity contribution < 1.29 is 18.3 Å². The van der Waals surface area contributed by atoms with Crippen molar-refractivity contribution >= 4 is 11.6 Å². The van der Waals surface area contributed by atoms with Gasteiger partial charge in [-0.2, -0.15) is 0 Å². The quantitative estimate of drug-likeness (QED) is 0.767. The van der Waals surface area contributed by atoms with E-state index in [9.17, 15) is 8.78 Å². The summed E-state index contributed by atoms with van der Waals surface area (Å²) in [5, 5.41) is 0.453. The van der Waals surface area contributed by atoms with E-state index < -0.39 is 12.0 Å². The predicted molar refractivity (Wildman–Crippen MR) is 81.5 cm³/mol. The molecule has 0 heterocycles. The zero-order valence-electron chi connectivity index (χ0n) is 11.8. The second kappa shape index (κ2) is 7.67. The van der Waals surface area contributed by atoms with Gasteiger partial charge < -0.3 is 9.47 Å². The predicted octanol–water partition coefficient (Wildman–Crippen LogP) is 4.58. The Balaban J connectivity index is 1.97. The molecule has 0 aromatic heterocycles. The van der Waals surface area contributed by atoms with E-state index in [2.05, 4.69) is 11.8 Å². The molecule has 2 nitrogen and oxygen atoms in total. The lowest BCUT2D eigenvalue weighted by atomic mass is 10.1. The van der Waals surface area contributed by atoms with E-state index in [1.165, 1.54) is 31.4 Å². The molecule has 0 bridgehead atoms. The summed E-state index contributed by atoms with van der Waals surface area (Å²) in [5.41, 5.74) is 0.388. The minimum Gasteiger partial charge on any atom is -0.493 e. The van der Waals surface area contributed by atoms with Crippen LogP contribution in [0.5, 0.6) is 11.5 Å². The van der Waals surface area contributed by atoms with Gasteiger partial charge >= 0.3 is 0 Å². The monoisotopic (exact) mass is 322 g/mol. The molecule has 0 spiro atoms. The highest BCUT2D eigenvalue weighted by molar-refractivity contribution is 6.30. The van der Waals surface area contributed by atoms with Gasteiger partial charge in [0.1, 0.15) is 12.4 Å². The van der Waals surface area contributed by atoms with Crippen LogP contribution in [0.2, 0.25) is 5.02 Å². The third-order valence-electron chi connectivity index (χ3n) is 2.80. The minimum absolute atomic E-state index is 0.0387. The highest BCUT2D eigenvalue weighted by atomic mass is 35.5. The molecule has 0 radical (unpaired) electrons. The summed E-state index contributed by atoms with van der Waals surface area (Å²) in [6.45, 7) is -0.0387. The molecule has 2 aromatic rings. The lowest BCUT2D eigenvalue weighted by molar-refractivity contribution is 0.328. The van der Waals surface area contributed by atoms with Crippen molar-refractivity contribution in [2.45, 2.75) is 6.17 Å². The molecule has 0 aliphatic heterocycles. The molecule has 0 saturated heterocycles.